The summed E-state index contributed by atoms with van der Waals surface area (Å²) in [6.45, 7) is 2.09. The molecule has 0 aliphatic rings. The van der Waals surface area contributed by atoms with Gasteiger partial charge in [-0.15, -0.1) is 0 Å². The van der Waals surface area contributed by atoms with E-state index in [0.717, 1.165) is 6.29 Å². The van der Waals surface area contributed by atoms with Crippen LogP contribution in [0.1, 0.15) is 51.4 Å². The first-order valence-corrected chi connectivity index (χ1v) is 8.68. The van der Waals surface area contributed by atoms with Crippen molar-refractivity contribution in [1.82, 2.24) is 16.0 Å². The summed E-state index contributed by atoms with van der Waals surface area (Å²) in [5, 5.41) is 18.1. The molecule has 0 aromatic rings. The van der Waals surface area contributed by atoms with Crippen LogP contribution in [0.5, 0.6) is 0 Å². The molecular weight excluding hydrogens is 312 g/mol. The molecule has 8 heteroatoms. The molecule has 1 atom stereocenters. The van der Waals surface area contributed by atoms with Crippen molar-refractivity contribution in [1.29, 1.82) is 0 Å². The van der Waals surface area contributed by atoms with Gasteiger partial charge in [-0.1, -0.05) is 0 Å². The van der Waals surface area contributed by atoms with Gasteiger partial charge in [-0.3, -0.25) is 14.9 Å². The molecule has 0 aliphatic carbocycles. The van der Waals surface area contributed by atoms with Crippen molar-refractivity contribution in [3.05, 3.63) is 0 Å². The molecule has 0 bridgehead atoms. The van der Waals surface area contributed by atoms with E-state index in [1.54, 1.807) is 0 Å². The maximum atomic E-state index is 11.6. The van der Waals surface area contributed by atoms with Gasteiger partial charge in [0, 0.05) is 32.4 Å². The molecule has 0 radical (unpaired) electrons. The molecule has 1 unspecified atom stereocenters. The zero-order valence-electron chi connectivity index (χ0n) is 14.4. The van der Waals surface area contributed by atoms with Crippen molar-refractivity contribution >= 4 is 18.1 Å². The Morgan fingerprint density at radius 1 is 0.958 bits per heavy atom. The highest BCUT2D eigenvalue weighted by molar-refractivity contribution is 5.77. The Bertz CT molecular complexity index is 353. The predicted octanol–water partition coefficient (Wildman–Crippen LogP) is -0.595. The first kappa shape index (κ1) is 22.5. The zero-order chi connectivity index (χ0) is 18.0. The molecule has 2 amide bonds. The van der Waals surface area contributed by atoms with E-state index in [9.17, 15) is 19.5 Å². The molecule has 6 N–H and O–H groups in total. The summed E-state index contributed by atoms with van der Waals surface area (Å²) in [4.78, 5) is 33.1. The lowest BCUT2D eigenvalue weighted by Crippen LogP contribution is -2.31. The molecule has 8 nitrogen and oxygen atoms in total. The first-order chi connectivity index (χ1) is 11.6. The van der Waals surface area contributed by atoms with E-state index in [1.807, 2.05) is 0 Å². The number of hydrogen-bond acceptors (Lipinski definition) is 6. The monoisotopic (exact) mass is 344 g/mol. The second kappa shape index (κ2) is 16.4. The summed E-state index contributed by atoms with van der Waals surface area (Å²) in [6.07, 6.45) is 4.71. The van der Waals surface area contributed by atoms with Crippen LogP contribution in [0.2, 0.25) is 0 Å². The molecule has 0 saturated carbocycles. The van der Waals surface area contributed by atoms with Gasteiger partial charge in [0.1, 0.15) is 12.5 Å². The Balaban J connectivity index is 3.43. The van der Waals surface area contributed by atoms with Crippen LogP contribution < -0.4 is 21.7 Å². The topological polar surface area (TPSA) is 134 Å². The van der Waals surface area contributed by atoms with Gasteiger partial charge in [0.2, 0.25) is 11.8 Å². The predicted molar refractivity (Wildman–Crippen MR) is 92.1 cm³/mol. The van der Waals surface area contributed by atoms with Crippen LogP contribution in [0.4, 0.5) is 0 Å². The van der Waals surface area contributed by atoms with Gasteiger partial charge in [0.05, 0.1) is 0 Å². The number of aliphatic hydroxyl groups excluding tert-OH is 1. The third kappa shape index (κ3) is 15.4. The molecule has 0 spiro atoms. The summed E-state index contributed by atoms with van der Waals surface area (Å²) in [6, 6.07) is 0. The third-order valence-electron chi connectivity index (χ3n) is 3.37. The highest BCUT2D eigenvalue weighted by Crippen LogP contribution is 1.95. The number of carbonyl (C=O) groups excluding carboxylic acids is 3. The fraction of sp³-hybridized carbons (Fsp3) is 0.812. The van der Waals surface area contributed by atoms with E-state index < -0.39 is 6.23 Å². The molecule has 0 rings (SSSR count). The average Bonchev–Trinajstić information content (AvgIpc) is 2.57. The third-order valence-corrected chi connectivity index (χ3v) is 3.37. The SMILES string of the molecule is NCCCC(=O)NCCCC(=O)NCCCC(O)NCCCC=O. The maximum Gasteiger partial charge on any atom is 0.220 e. The summed E-state index contributed by atoms with van der Waals surface area (Å²) < 4.78 is 0. The summed E-state index contributed by atoms with van der Waals surface area (Å²) >= 11 is 0. The van der Waals surface area contributed by atoms with Gasteiger partial charge in [-0.2, -0.15) is 0 Å². The Kier molecular flexibility index (Phi) is 15.3. The number of nitrogens with one attached hydrogen (secondary N) is 3. The Morgan fingerprint density at radius 2 is 1.58 bits per heavy atom. The molecule has 0 heterocycles. The van der Waals surface area contributed by atoms with Crippen molar-refractivity contribution in [2.24, 2.45) is 5.73 Å². The molecule has 0 aromatic heterocycles. The zero-order valence-corrected chi connectivity index (χ0v) is 14.4. The van der Waals surface area contributed by atoms with Crippen LogP contribution in [-0.2, 0) is 14.4 Å². The van der Waals surface area contributed by atoms with Crippen LogP contribution in [0.3, 0.4) is 0 Å². The number of carbonyl (C=O) groups is 3. The molecule has 0 saturated heterocycles. The second-order valence-electron chi connectivity index (χ2n) is 5.62. The van der Waals surface area contributed by atoms with E-state index in [2.05, 4.69) is 16.0 Å². The van der Waals surface area contributed by atoms with Gasteiger partial charge in [-0.05, 0) is 45.2 Å². The van der Waals surface area contributed by atoms with E-state index in [1.165, 1.54) is 0 Å². The van der Waals surface area contributed by atoms with Crippen LogP contribution in [0, 0.1) is 0 Å². The highest BCUT2D eigenvalue weighted by atomic mass is 16.3. The van der Waals surface area contributed by atoms with Crippen LogP contribution in [0.15, 0.2) is 0 Å². The van der Waals surface area contributed by atoms with Crippen LogP contribution in [0.25, 0.3) is 0 Å². The molecule has 0 aromatic carbocycles. The Hall–Kier alpha value is -1.51. The quantitative estimate of drug-likeness (QED) is 0.144. The van der Waals surface area contributed by atoms with Gasteiger partial charge >= 0.3 is 0 Å². The van der Waals surface area contributed by atoms with Gasteiger partial charge < -0.3 is 26.3 Å². The van der Waals surface area contributed by atoms with Crippen LogP contribution in [-0.4, -0.2) is 55.6 Å². The molecule has 24 heavy (non-hydrogen) atoms. The Labute approximate surface area is 143 Å². The number of amides is 2. The minimum Gasteiger partial charge on any atom is -0.379 e. The fourth-order valence-electron chi connectivity index (χ4n) is 2.00. The van der Waals surface area contributed by atoms with Gasteiger partial charge in [-0.25, -0.2) is 0 Å². The molecule has 0 fully saturated rings. The largest absolute Gasteiger partial charge is 0.379 e. The van der Waals surface area contributed by atoms with Crippen molar-refractivity contribution < 1.29 is 19.5 Å². The molecule has 0 aliphatic heterocycles. The van der Waals surface area contributed by atoms with E-state index in [4.69, 9.17) is 5.73 Å². The van der Waals surface area contributed by atoms with Gasteiger partial charge in [0.25, 0.3) is 0 Å². The smallest absolute Gasteiger partial charge is 0.220 e. The standard InChI is InChI=1S/C16H32N4O4/c17-9-3-6-14(22)19-11-5-8-16(24)20-12-4-7-15(23)18-10-1-2-13-21/h13,15,18,23H,1-12,17H2,(H,19,22)(H,20,24). The number of aldehydes is 1. The summed E-state index contributed by atoms with van der Waals surface area (Å²) in [7, 11) is 0. The summed E-state index contributed by atoms with van der Waals surface area (Å²) in [5.74, 6) is -0.0878. The minimum atomic E-state index is -0.614. The molecular formula is C16H32N4O4. The number of hydrogen-bond donors (Lipinski definition) is 5. The lowest BCUT2D eigenvalue weighted by molar-refractivity contribution is -0.123. The number of rotatable bonds is 16. The van der Waals surface area contributed by atoms with E-state index in [0.29, 0.717) is 77.5 Å². The van der Waals surface area contributed by atoms with Crippen molar-refractivity contribution in [2.75, 3.05) is 26.2 Å². The Morgan fingerprint density at radius 3 is 2.21 bits per heavy atom. The van der Waals surface area contributed by atoms with Crippen LogP contribution >= 0.6 is 0 Å². The summed E-state index contributed by atoms with van der Waals surface area (Å²) in [5.41, 5.74) is 5.32. The second-order valence-corrected chi connectivity index (χ2v) is 5.62. The highest BCUT2D eigenvalue weighted by Gasteiger charge is 2.05. The van der Waals surface area contributed by atoms with E-state index in [-0.39, 0.29) is 11.8 Å². The first-order valence-electron chi connectivity index (χ1n) is 8.68. The minimum absolute atomic E-state index is 0.0320. The lowest BCUT2D eigenvalue weighted by Gasteiger charge is -2.12. The van der Waals surface area contributed by atoms with Crippen molar-refractivity contribution in [3.8, 4) is 0 Å². The van der Waals surface area contributed by atoms with Gasteiger partial charge in [0.15, 0.2) is 0 Å². The number of nitrogens with two attached hydrogens (primary N) is 1. The normalized spacial score (nSPS) is 11.8. The lowest BCUT2D eigenvalue weighted by atomic mass is 10.2. The van der Waals surface area contributed by atoms with E-state index >= 15 is 0 Å². The molecule has 140 valence electrons. The number of aliphatic hydroxyl groups is 1. The van der Waals surface area contributed by atoms with Crippen molar-refractivity contribution in [3.63, 3.8) is 0 Å². The average molecular weight is 344 g/mol. The van der Waals surface area contributed by atoms with Crippen molar-refractivity contribution in [2.45, 2.75) is 57.6 Å². The fourth-order valence-corrected chi connectivity index (χ4v) is 2.00. The maximum absolute atomic E-state index is 11.6. The number of unbranched alkanes of at least 4 members (excludes halogenated alkanes) is 1.